The molecular formula is C12H22BrNO2. The van der Waals surface area contributed by atoms with Crippen molar-refractivity contribution in [3.05, 3.63) is 0 Å². The van der Waals surface area contributed by atoms with Crippen LogP contribution in [-0.4, -0.2) is 30.5 Å². The van der Waals surface area contributed by atoms with Gasteiger partial charge in [0, 0.05) is 18.5 Å². The number of carbonyl (C=O) groups is 1. The van der Waals surface area contributed by atoms with E-state index in [9.17, 15) is 4.79 Å². The Hall–Kier alpha value is -0.0900. The van der Waals surface area contributed by atoms with Gasteiger partial charge < -0.3 is 10.1 Å². The second-order valence-electron chi connectivity index (χ2n) is 4.35. The summed E-state index contributed by atoms with van der Waals surface area (Å²) in [4.78, 5) is 11.8. The van der Waals surface area contributed by atoms with Gasteiger partial charge in [-0.3, -0.25) is 4.79 Å². The van der Waals surface area contributed by atoms with E-state index in [-0.39, 0.29) is 12.0 Å². The zero-order chi connectivity index (χ0) is 11.8. The largest absolute Gasteiger partial charge is 0.368 e. The van der Waals surface area contributed by atoms with Gasteiger partial charge in [0.2, 0.25) is 5.91 Å². The van der Waals surface area contributed by atoms with E-state index in [1.54, 1.807) is 0 Å². The molecule has 1 fully saturated rings. The highest BCUT2D eigenvalue weighted by Gasteiger charge is 2.21. The third-order valence-electron chi connectivity index (χ3n) is 3.13. The maximum Gasteiger partial charge on any atom is 0.249 e. The van der Waals surface area contributed by atoms with Crippen molar-refractivity contribution in [3.8, 4) is 0 Å². The summed E-state index contributed by atoms with van der Waals surface area (Å²) in [6.45, 7) is 3.67. The maximum atomic E-state index is 11.8. The molecule has 1 aliphatic rings. The van der Waals surface area contributed by atoms with Crippen molar-refractivity contribution in [2.45, 2.75) is 45.1 Å². The third-order valence-corrected chi connectivity index (χ3v) is 3.59. The Labute approximate surface area is 106 Å². The summed E-state index contributed by atoms with van der Waals surface area (Å²) in [6, 6.07) is 0. The van der Waals surface area contributed by atoms with Crippen LogP contribution < -0.4 is 5.32 Å². The van der Waals surface area contributed by atoms with E-state index in [0.717, 1.165) is 50.6 Å². The van der Waals surface area contributed by atoms with Crippen LogP contribution in [0.2, 0.25) is 0 Å². The van der Waals surface area contributed by atoms with E-state index in [1.165, 1.54) is 0 Å². The first kappa shape index (κ1) is 14.0. The summed E-state index contributed by atoms with van der Waals surface area (Å²) >= 11 is 3.44. The molecule has 1 heterocycles. The Kier molecular flexibility index (Phi) is 7.05. The Bertz CT molecular complexity index is 205. The molecule has 1 aliphatic heterocycles. The van der Waals surface area contributed by atoms with E-state index in [1.807, 2.05) is 0 Å². The molecule has 1 amide bonds. The highest BCUT2D eigenvalue weighted by molar-refractivity contribution is 9.09. The molecule has 0 radical (unpaired) electrons. The van der Waals surface area contributed by atoms with Crippen LogP contribution in [0.4, 0.5) is 0 Å². The minimum atomic E-state index is -0.199. The lowest BCUT2D eigenvalue weighted by Crippen LogP contribution is -2.40. The molecule has 2 unspecified atom stereocenters. The molecule has 3 nitrogen and oxygen atoms in total. The molecule has 1 rings (SSSR count). The SMILES string of the molecule is CCC(CCBr)CNC(=O)C1CCCCO1. The third kappa shape index (κ3) is 4.83. The number of ether oxygens (including phenoxy) is 1. The van der Waals surface area contributed by atoms with Crippen molar-refractivity contribution in [2.75, 3.05) is 18.5 Å². The number of amides is 1. The second kappa shape index (κ2) is 8.07. The number of nitrogens with one attached hydrogen (secondary N) is 1. The molecule has 0 saturated carbocycles. The Morgan fingerprint density at radius 3 is 2.94 bits per heavy atom. The van der Waals surface area contributed by atoms with E-state index in [0.29, 0.717) is 5.92 Å². The minimum Gasteiger partial charge on any atom is -0.368 e. The number of alkyl halides is 1. The normalized spacial score (nSPS) is 22.8. The first-order chi connectivity index (χ1) is 7.77. The summed E-state index contributed by atoms with van der Waals surface area (Å²) in [5.74, 6) is 0.652. The van der Waals surface area contributed by atoms with Crippen molar-refractivity contribution >= 4 is 21.8 Å². The van der Waals surface area contributed by atoms with Gasteiger partial charge >= 0.3 is 0 Å². The fourth-order valence-corrected chi connectivity index (χ4v) is 2.56. The van der Waals surface area contributed by atoms with Crippen molar-refractivity contribution < 1.29 is 9.53 Å². The zero-order valence-corrected chi connectivity index (χ0v) is 11.6. The molecular weight excluding hydrogens is 270 g/mol. The fraction of sp³-hybridized carbons (Fsp3) is 0.917. The summed E-state index contributed by atoms with van der Waals surface area (Å²) in [5.41, 5.74) is 0. The number of hydrogen-bond acceptors (Lipinski definition) is 2. The number of carbonyl (C=O) groups excluding carboxylic acids is 1. The van der Waals surface area contributed by atoms with Crippen LogP contribution in [0.1, 0.15) is 39.0 Å². The molecule has 2 atom stereocenters. The average Bonchev–Trinajstić information content (AvgIpc) is 2.35. The van der Waals surface area contributed by atoms with Gasteiger partial charge in [-0.25, -0.2) is 0 Å². The van der Waals surface area contributed by atoms with Gasteiger partial charge in [-0.15, -0.1) is 0 Å². The lowest BCUT2D eigenvalue weighted by atomic mass is 10.0. The van der Waals surface area contributed by atoms with Crippen LogP contribution in [-0.2, 0) is 9.53 Å². The molecule has 0 aliphatic carbocycles. The summed E-state index contributed by atoms with van der Waals surface area (Å²) in [6.07, 6.45) is 5.10. The quantitative estimate of drug-likeness (QED) is 0.764. The van der Waals surface area contributed by atoms with Crippen molar-refractivity contribution in [3.63, 3.8) is 0 Å². The van der Waals surface area contributed by atoms with E-state index < -0.39 is 0 Å². The van der Waals surface area contributed by atoms with Crippen LogP contribution in [0.15, 0.2) is 0 Å². The van der Waals surface area contributed by atoms with Gasteiger partial charge in [0.15, 0.2) is 0 Å². The Balaban J connectivity index is 2.22. The van der Waals surface area contributed by atoms with Crippen LogP contribution in [0, 0.1) is 5.92 Å². The smallest absolute Gasteiger partial charge is 0.249 e. The molecule has 1 saturated heterocycles. The number of rotatable bonds is 6. The first-order valence-corrected chi connectivity index (χ1v) is 7.35. The molecule has 0 aromatic carbocycles. The van der Waals surface area contributed by atoms with Gasteiger partial charge in [0.1, 0.15) is 6.10 Å². The van der Waals surface area contributed by atoms with Gasteiger partial charge in [-0.05, 0) is 31.6 Å². The van der Waals surface area contributed by atoms with Gasteiger partial charge in [-0.1, -0.05) is 29.3 Å². The van der Waals surface area contributed by atoms with E-state index in [2.05, 4.69) is 28.2 Å². The van der Waals surface area contributed by atoms with E-state index >= 15 is 0 Å². The Morgan fingerprint density at radius 1 is 1.56 bits per heavy atom. The predicted octanol–water partition coefficient (Wildman–Crippen LogP) is 2.48. The molecule has 94 valence electrons. The van der Waals surface area contributed by atoms with Crippen molar-refractivity contribution in [2.24, 2.45) is 5.92 Å². The highest BCUT2D eigenvalue weighted by atomic mass is 79.9. The van der Waals surface area contributed by atoms with E-state index in [4.69, 9.17) is 4.74 Å². The lowest BCUT2D eigenvalue weighted by Gasteiger charge is -2.23. The molecule has 16 heavy (non-hydrogen) atoms. The molecule has 1 N–H and O–H groups in total. The number of hydrogen-bond donors (Lipinski definition) is 1. The highest BCUT2D eigenvalue weighted by Crippen LogP contribution is 2.13. The van der Waals surface area contributed by atoms with Crippen molar-refractivity contribution in [1.82, 2.24) is 5.32 Å². The summed E-state index contributed by atoms with van der Waals surface area (Å²) in [5, 5.41) is 4.00. The monoisotopic (exact) mass is 291 g/mol. The zero-order valence-electron chi connectivity index (χ0n) is 10.0. The summed E-state index contributed by atoms with van der Waals surface area (Å²) in [7, 11) is 0. The second-order valence-corrected chi connectivity index (χ2v) is 5.15. The van der Waals surface area contributed by atoms with Crippen LogP contribution >= 0.6 is 15.9 Å². The standard InChI is InChI=1S/C12H22BrNO2/c1-2-10(6-7-13)9-14-12(15)11-5-3-4-8-16-11/h10-11H,2-9H2,1H3,(H,14,15). The van der Waals surface area contributed by atoms with Crippen LogP contribution in [0.25, 0.3) is 0 Å². The first-order valence-electron chi connectivity index (χ1n) is 6.23. The molecule has 4 heteroatoms. The fourth-order valence-electron chi connectivity index (χ4n) is 1.91. The number of halogens is 1. The predicted molar refractivity (Wildman–Crippen MR) is 68.8 cm³/mol. The Morgan fingerprint density at radius 2 is 2.38 bits per heavy atom. The average molecular weight is 292 g/mol. The maximum absolute atomic E-state index is 11.8. The molecule has 0 aromatic rings. The molecule has 0 aromatic heterocycles. The summed E-state index contributed by atoms with van der Waals surface area (Å²) < 4.78 is 5.44. The van der Waals surface area contributed by atoms with Gasteiger partial charge in [-0.2, -0.15) is 0 Å². The lowest BCUT2D eigenvalue weighted by molar-refractivity contribution is -0.135. The van der Waals surface area contributed by atoms with Crippen LogP contribution in [0.5, 0.6) is 0 Å². The van der Waals surface area contributed by atoms with Gasteiger partial charge in [0.05, 0.1) is 0 Å². The molecule has 0 bridgehead atoms. The van der Waals surface area contributed by atoms with Gasteiger partial charge in [0.25, 0.3) is 0 Å². The van der Waals surface area contributed by atoms with Crippen LogP contribution in [0.3, 0.4) is 0 Å². The topological polar surface area (TPSA) is 38.3 Å². The molecule has 0 spiro atoms. The minimum absolute atomic E-state index is 0.0766. The van der Waals surface area contributed by atoms with Crippen molar-refractivity contribution in [1.29, 1.82) is 0 Å².